The van der Waals surface area contributed by atoms with Crippen molar-refractivity contribution < 1.29 is 16.8 Å². The second-order valence-electron chi connectivity index (χ2n) is 5.69. The molecule has 2 heterocycles. The van der Waals surface area contributed by atoms with Crippen LogP contribution < -0.4 is 9.03 Å². The number of anilines is 1. The minimum atomic E-state index is -3.80. The molecule has 1 fully saturated rings. The Balaban J connectivity index is 1.97. The second kappa shape index (κ2) is 6.57. The Morgan fingerprint density at radius 1 is 1.29 bits per heavy atom. The van der Waals surface area contributed by atoms with E-state index in [0.29, 0.717) is 35.9 Å². The van der Waals surface area contributed by atoms with Crippen molar-refractivity contribution in [2.24, 2.45) is 4.99 Å². The van der Waals surface area contributed by atoms with Gasteiger partial charge in [-0.25, -0.2) is 16.8 Å². The zero-order valence-electron chi connectivity index (χ0n) is 13.2. The van der Waals surface area contributed by atoms with Gasteiger partial charge in [-0.1, -0.05) is 17.8 Å². The molecule has 10 heteroatoms. The third kappa shape index (κ3) is 3.55. The van der Waals surface area contributed by atoms with Crippen molar-refractivity contribution >= 4 is 42.7 Å². The summed E-state index contributed by atoms with van der Waals surface area (Å²) in [7, 11) is -7.18. The summed E-state index contributed by atoms with van der Waals surface area (Å²) in [5.74, 6) is 0.845. The maximum Gasteiger partial charge on any atom is 0.263 e. The summed E-state index contributed by atoms with van der Waals surface area (Å²) >= 11 is 1.36. The fourth-order valence-electron chi connectivity index (χ4n) is 2.68. The van der Waals surface area contributed by atoms with Gasteiger partial charge < -0.3 is 0 Å². The first-order valence-electron chi connectivity index (χ1n) is 7.61. The lowest BCUT2D eigenvalue weighted by atomic mass is 10.2. The number of aryl methyl sites for hydroxylation is 1. The Labute approximate surface area is 146 Å². The molecule has 0 spiro atoms. The lowest BCUT2D eigenvalue weighted by Gasteiger charge is -2.28. The highest BCUT2D eigenvalue weighted by molar-refractivity contribution is 8.15. The van der Waals surface area contributed by atoms with E-state index < -0.39 is 20.0 Å². The molecule has 1 aromatic rings. The van der Waals surface area contributed by atoms with Crippen molar-refractivity contribution in [3.8, 4) is 0 Å². The number of aliphatic imine (C=N–C) groups is 1. The molecule has 1 aromatic carbocycles. The van der Waals surface area contributed by atoms with Gasteiger partial charge in [-0.3, -0.25) is 14.0 Å². The van der Waals surface area contributed by atoms with Gasteiger partial charge in [0, 0.05) is 12.3 Å². The van der Waals surface area contributed by atoms with Crippen LogP contribution in [0.3, 0.4) is 0 Å². The first kappa shape index (κ1) is 17.6. The standard InChI is InChI=1S/C14H19N3O4S3/c1-11-4-5-12(17-7-2-3-9-23(17,18)19)10-13(11)24(20,21)16-14-15-6-8-22-14/h4-5,10H,2-3,6-9H2,1H3,(H,15,16). The molecule has 0 amide bonds. The molecule has 2 aliphatic heterocycles. The fraction of sp³-hybridized carbons (Fsp3) is 0.500. The average Bonchev–Trinajstić information content (AvgIpc) is 2.99. The van der Waals surface area contributed by atoms with Gasteiger partial charge in [0.05, 0.1) is 22.9 Å². The molecule has 0 unspecified atom stereocenters. The summed E-state index contributed by atoms with van der Waals surface area (Å²) < 4.78 is 53.5. The van der Waals surface area contributed by atoms with E-state index in [-0.39, 0.29) is 10.6 Å². The number of sulfonamides is 2. The predicted octanol–water partition coefficient (Wildman–Crippen LogP) is 1.31. The number of thioether (sulfide) groups is 1. The number of nitrogens with one attached hydrogen (secondary N) is 1. The van der Waals surface area contributed by atoms with Gasteiger partial charge in [0.15, 0.2) is 5.17 Å². The monoisotopic (exact) mass is 389 g/mol. The maximum absolute atomic E-state index is 12.6. The van der Waals surface area contributed by atoms with Gasteiger partial charge in [-0.05, 0) is 37.5 Å². The van der Waals surface area contributed by atoms with Crippen molar-refractivity contribution in [3.63, 3.8) is 0 Å². The Hall–Kier alpha value is -1.26. The van der Waals surface area contributed by atoms with Gasteiger partial charge >= 0.3 is 0 Å². The van der Waals surface area contributed by atoms with Gasteiger partial charge in [-0.15, -0.1) is 0 Å². The number of amidine groups is 1. The molecule has 0 saturated carbocycles. The molecular weight excluding hydrogens is 370 g/mol. The van der Waals surface area contributed by atoms with Crippen LogP contribution in [-0.4, -0.2) is 46.6 Å². The molecule has 0 aliphatic carbocycles. The topological polar surface area (TPSA) is 95.9 Å². The minimum Gasteiger partial charge on any atom is -0.270 e. The Kier molecular flexibility index (Phi) is 4.80. The SMILES string of the molecule is Cc1ccc(N2CCCCS2(=O)=O)cc1S(=O)(=O)NC1=NCCS1. The number of hydrogen-bond acceptors (Lipinski definition) is 6. The van der Waals surface area contributed by atoms with E-state index in [1.165, 1.54) is 22.1 Å². The van der Waals surface area contributed by atoms with Crippen molar-refractivity contribution in [1.29, 1.82) is 0 Å². The first-order valence-corrected chi connectivity index (χ1v) is 11.7. The van der Waals surface area contributed by atoms with Gasteiger partial charge in [0.25, 0.3) is 10.0 Å². The van der Waals surface area contributed by atoms with Crippen LogP contribution >= 0.6 is 11.8 Å². The molecule has 1 N–H and O–H groups in total. The molecule has 0 aromatic heterocycles. The number of hydrogen-bond donors (Lipinski definition) is 1. The number of rotatable bonds is 3. The Morgan fingerprint density at radius 3 is 2.75 bits per heavy atom. The van der Waals surface area contributed by atoms with Crippen LogP contribution in [0.25, 0.3) is 0 Å². The average molecular weight is 390 g/mol. The quantitative estimate of drug-likeness (QED) is 0.841. The third-order valence-corrected chi connectivity index (χ3v) is 8.28. The molecular formula is C14H19N3O4S3. The van der Waals surface area contributed by atoms with Crippen LogP contribution in [-0.2, 0) is 20.0 Å². The van der Waals surface area contributed by atoms with Crippen LogP contribution in [0.15, 0.2) is 28.1 Å². The van der Waals surface area contributed by atoms with Crippen LogP contribution in [0.5, 0.6) is 0 Å². The van der Waals surface area contributed by atoms with E-state index >= 15 is 0 Å². The zero-order valence-corrected chi connectivity index (χ0v) is 15.7. The summed E-state index contributed by atoms with van der Waals surface area (Å²) in [6, 6.07) is 4.72. The zero-order chi connectivity index (χ0) is 17.4. The predicted molar refractivity (Wildman–Crippen MR) is 96.6 cm³/mol. The number of benzene rings is 1. The van der Waals surface area contributed by atoms with Crippen LogP contribution in [0.1, 0.15) is 18.4 Å². The van der Waals surface area contributed by atoms with Crippen molar-refractivity contribution in [1.82, 2.24) is 4.72 Å². The minimum absolute atomic E-state index is 0.0796. The Bertz CT molecular complexity index is 879. The van der Waals surface area contributed by atoms with Crippen molar-refractivity contribution in [2.75, 3.05) is 28.9 Å². The molecule has 132 valence electrons. The van der Waals surface area contributed by atoms with E-state index in [1.54, 1.807) is 19.1 Å². The largest absolute Gasteiger partial charge is 0.270 e. The highest BCUT2D eigenvalue weighted by Gasteiger charge is 2.28. The molecule has 24 heavy (non-hydrogen) atoms. The first-order chi connectivity index (χ1) is 11.3. The summed E-state index contributed by atoms with van der Waals surface area (Å²) in [4.78, 5) is 4.17. The molecule has 0 atom stereocenters. The lowest BCUT2D eigenvalue weighted by molar-refractivity contribution is 0.573. The van der Waals surface area contributed by atoms with E-state index in [9.17, 15) is 16.8 Å². The molecule has 1 saturated heterocycles. The lowest BCUT2D eigenvalue weighted by Crippen LogP contribution is -2.38. The number of nitrogens with zero attached hydrogens (tertiary/aromatic N) is 2. The van der Waals surface area contributed by atoms with Gasteiger partial charge in [0.1, 0.15) is 0 Å². The molecule has 7 nitrogen and oxygen atoms in total. The fourth-order valence-corrected chi connectivity index (χ4v) is 6.61. The normalized spacial score (nSPS) is 20.7. The molecule has 0 radical (unpaired) electrons. The third-order valence-electron chi connectivity index (χ3n) is 3.91. The second-order valence-corrected chi connectivity index (χ2v) is 10.4. The smallest absolute Gasteiger partial charge is 0.263 e. The summed E-state index contributed by atoms with van der Waals surface area (Å²) in [6.07, 6.45) is 1.40. The molecule has 0 bridgehead atoms. The van der Waals surface area contributed by atoms with E-state index in [2.05, 4.69) is 9.71 Å². The van der Waals surface area contributed by atoms with Gasteiger partial charge in [0.2, 0.25) is 10.0 Å². The maximum atomic E-state index is 12.6. The van der Waals surface area contributed by atoms with E-state index in [0.717, 1.165) is 12.2 Å². The van der Waals surface area contributed by atoms with E-state index in [4.69, 9.17) is 0 Å². The Morgan fingerprint density at radius 2 is 2.08 bits per heavy atom. The summed E-state index contributed by atoms with van der Waals surface area (Å²) in [6.45, 7) is 2.65. The summed E-state index contributed by atoms with van der Waals surface area (Å²) in [5.41, 5.74) is 0.950. The van der Waals surface area contributed by atoms with Crippen LogP contribution in [0, 0.1) is 6.92 Å². The molecule has 2 aliphatic rings. The van der Waals surface area contributed by atoms with Crippen molar-refractivity contribution in [2.45, 2.75) is 24.7 Å². The van der Waals surface area contributed by atoms with Crippen LogP contribution in [0.2, 0.25) is 0 Å². The highest BCUT2D eigenvalue weighted by Crippen LogP contribution is 2.28. The summed E-state index contributed by atoms with van der Waals surface area (Å²) in [5, 5.41) is 0.380. The highest BCUT2D eigenvalue weighted by atomic mass is 32.2. The van der Waals surface area contributed by atoms with Crippen LogP contribution in [0.4, 0.5) is 5.69 Å². The van der Waals surface area contributed by atoms with Gasteiger partial charge in [-0.2, -0.15) is 0 Å². The van der Waals surface area contributed by atoms with E-state index in [1.807, 2.05) is 0 Å². The van der Waals surface area contributed by atoms with Crippen molar-refractivity contribution in [3.05, 3.63) is 23.8 Å². The molecule has 3 rings (SSSR count).